The molecule has 1 aliphatic rings. The Morgan fingerprint density at radius 1 is 1.14 bits per heavy atom. The third-order valence-corrected chi connectivity index (χ3v) is 3.75. The van der Waals surface area contributed by atoms with E-state index in [0.29, 0.717) is 17.2 Å². The van der Waals surface area contributed by atoms with Crippen molar-refractivity contribution in [2.75, 3.05) is 6.61 Å². The maximum atomic E-state index is 12.3. The number of carbonyl (C=O) groups is 1. The first-order chi connectivity index (χ1) is 10.5. The minimum atomic E-state index is -0.755. The van der Waals surface area contributed by atoms with Gasteiger partial charge >= 0.3 is 5.97 Å². The summed E-state index contributed by atoms with van der Waals surface area (Å²) in [4.78, 5) is 12.3. The molecule has 3 rings (SSSR count). The van der Waals surface area contributed by atoms with Crippen molar-refractivity contribution in [2.24, 2.45) is 0 Å². The van der Waals surface area contributed by atoms with Crippen molar-refractivity contribution < 1.29 is 19.0 Å². The molecule has 1 atom stereocenters. The normalized spacial score (nSPS) is 16.2. The van der Waals surface area contributed by atoms with Gasteiger partial charge in [-0.2, -0.15) is 0 Å². The number of hydrogen-bond acceptors (Lipinski definition) is 4. The molecule has 1 heterocycles. The summed E-state index contributed by atoms with van der Waals surface area (Å²) >= 11 is 0. The largest absolute Gasteiger partial charge is 0.485 e. The van der Waals surface area contributed by atoms with Gasteiger partial charge in [0.1, 0.15) is 12.4 Å². The molecule has 2 aromatic rings. The fourth-order valence-corrected chi connectivity index (χ4v) is 2.42. The topological polar surface area (TPSA) is 44.8 Å². The summed E-state index contributed by atoms with van der Waals surface area (Å²) in [5, 5.41) is 0. The van der Waals surface area contributed by atoms with Crippen LogP contribution in [-0.4, -0.2) is 18.7 Å². The highest BCUT2D eigenvalue weighted by molar-refractivity contribution is 5.78. The van der Waals surface area contributed by atoms with Gasteiger partial charge in [-0.1, -0.05) is 18.2 Å². The quantitative estimate of drug-likeness (QED) is 0.630. The van der Waals surface area contributed by atoms with Crippen LogP contribution in [0.2, 0.25) is 0 Å². The molecule has 2 aromatic carbocycles. The molecule has 0 aliphatic carbocycles. The summed E-state index contributed by atoms with van der Waals surface area (Å²) in [6, 6.07) is 11.2. The van der Waals surface area contributed by atoms with E-state index in [1.54, 1.807) is 6.07 Å². The minimum Gasteiger partial charge on any atom is -0.485 e. The van der Waals surface area contributed by atoms with Crippen LogP contribution in [0.5, 0.6) is 17.2 Å². The van der Waals surface area contributed by atoms with E-state index in [1.165, 1.54) is 0 Å². The van der Waals surface area contributed by atoms with Crippen molar-refractivity contribution in [1.29, 1.82) is 0 Å². The minimum absolute atomic E-state index is 0.152. The Morgan fingerprint density at radius 3 is 2.64 bits per heavy atom. The molecule has 4 heteroatoms. The zero-order valence-electron chi connectivity index (χ0n) is 12.9. The average Bonchev–Trinajstić information content (AvgIpc) is 2.51. The molecule has 114 valence electrons. The number of aryl methyl sites for hydroxylation is 2. The van der Waals surface area contributed by atoms with Crippen molar-refractivity contribution in [2.45, 2.75) is 26.9 Å². The lowest BCUT2D eigenvalue weighted by atomic mass is 10.1. The number of rotatable bonds is 2. The summed E-state index contributed by atoms with van der Waals surface area (Å²) in [6.45, 7) is 6.06. The zero-order chi connectivity index (χ0) is 15.7. The first-order valence-electron chi connectivity index (χ1n) is 7.22. The highest BCUT2D eigenvalue weighted by atomic mass is 16.6. The van der Waals surface area contributed by atoms with E-state index in [-0.39, 0.29) is 6.61 Å². The van der Waals surface area contributed by atoms with Crippen molar-refractivity contribution in [3.8, 4) is 17.2 Å². The number of carbonyl (C=O) groups excluding carboxylic acids is 1. The van der Waals surface area contributed by atoms with Gasteiger partial charge in [0, 0.05) is 0 Å². The number of benzene rings is 2. The van der Waals surface area contributed by atoms with Gasteiger partial charge in [0.05, 0.1) is 0 Å². The van der Waals surface area contributed by atoms with E-state index >= 15 is 0 Å². The van der Waals surface area contributed by atoms with Gasteiger partial charge < -0.3 is 14.2 Å². The van der Waals surface area contributed by atoms with Crippen molar-refractivity contribution in [1.82, 2.24) is 0 Å². The van der Waals surface area contributed by atoms with Gasteiger partial charge in [-0.05, 0) is 55.7 Å². The third-order valence-electron chi connectivity index (χ3n) is 3.75. The maximum absolute atomic E-state index is 12.3. The molecule has 0 amide bonds. The number of ether oxygens (including phenoxy) is 3. The molecular formula is C18H18O4. The van der Waals surface area contributed by atoms with E-state index in [0.717, 1.165) is 16.7 Å². The first-order valence-corrected chi connectivity index (χ1v) is 7.22. The lowest BCUT2D eigenvalue weighted by Crippen LogP contribution is -2.39. The Labute approximate surface area is 129 Å². The van der Waals surface area contributed by atoms with E-state index in [2.05, 4.69) is 6.07 Å². The Kier molecular flexibility index (Phi) is 3.75. The third kappa shape index (κ3) is 2.77. The lowest BCUT2D eigenvalue weighted by molar-refractivity contribution is -0.144. The van der Waals surface area contributed by atoms with E-state index in [1.807, 2.05) is 45.0 Å². The highest BCUT2D eigenvalue weighted by Gasteiger charge is 2.29. The average molecular weight is 298 g/mol. The van der Waals surface area contributed by atoms with Crippen LogP contribution in [0.25, 0.3) is 0 Å². The molecule has 0 aromatic heterocycles. The summed E-state index contributed by atoms with van der Waals surface area (Å²) in [6.07, 6.45) is -0.755. The fraction of sp³-hybridized carbons (Fsp3) is 0.278. The maximum Gasteiger partial charge on any atom is 0.356 e. The Bertz CT molecular complexity index is 721. The zero-order valence-corrected chi connectivity index (χ0v) is 12.9. The van der Waals surface area contributed by atoms with Crippen molar-refractivity contribution in [3.05, 3.63) is 53.1 Å². The van der Waals surface area contributed by atoms with Gasteiger partial charge in [-0.3, -0.25) is 0 Å². The molecule has 1 aliphatic heterocycles. The van der Waals surface area contributed by atoms with Crippen LogP contribution < -0.4 is 14.2 Å². The van der Waals surface area contributed by atoms with Gasteiger partial charge in [0.2, 0.25) is 6.10 Å². The Balaban J connectivity index is 1.76. The van der Waals surface area contributed by atoms with Gasteiger partial charge in [-0.15, -0.1) is 0 Å². The molecule has 0 fully saturated rings. The van der Waals surface area contributed by atoms with E-state index < -0.39 is 12.1 Å². The Hall–Kier alpha value is -2.49. The van der Waals surface area contributed by atoms with Crippen LogP contribution in [0.15, 0.2) is 36.4 Å². The fourth-order valence-electron chi connectivity index (χ4n) is 2.42. The molecule has 0 N–H and O–H groups in total. The predicted octanol–water partition coefficient (Wildman–Crippen LogP) is 3.36. The van der Waals surface area contributed by atoms with E-state index in [9.17, 15) is 4.79 Å². The number of fused-ring (bicyclic) bond motifs is 1. The smallest absolute Gasteiger partial charge is 0.356 e. The second-order valence-electron chi connectivity index (χ2n) is 5.49. The first kappa shape index (κ1) is 14.4. The summed E-state index contributed by atoms with van der Waals surface area (Å²) in [7, 11) is 0. The molecule has 0 radical (unpaired) electrons. The van der Waals surface area contributed by atoms with Gasteiger partial charge in [-0.25, -0.2) is 4.79 Å². The van der Waals surface area contributed by atoms with E-state index in [4.69, 9.17) is 14.2 Å². The molecule has 22 heavy (non-hydrogen) atoms. The summed E-state index contributed by atoms with van der Waals surface area (Å²) in [5.74, 6) is 1.34. The monoisotopic (exact) mass is 298 g/mol. The molecule has 4 nitrogen and oxygen atoms in total. The number of para-hydroxylation sites is 2. The molecule has 0 saturated carbocycles. The second kappa shape index (κ2) is 5.72. The van der Waals surface area contributed by atoms with Gasteiger partial charge in [0.25, 0.3) is 0 Å². The Morgan fingerprint density at radius 2 is 1.86 bits per heavy atom. The predicted molar refractivity (Wildman–Crippen MR) is 82.6 cm³/mol. The molecule has 0 unspecified atom stereocenters. The summed E-state index contributed by atoms with van der Waals surface area (Å²) < 4.78 is 16.7. The number of hydrogen-bond donors (Lipinski definition) is 0. The summed E-state index contributed by atoms with van der Waals surface area (Å²) in [5.41, 5.74) is 3.10. The molecule has 0 bridgehead atoms. The van der Waals surface area contributed by atoms with Crippen molar-refractivity contribution in [3.63, 3.8) is 0 Å². The van der Waals surface area contributed by atoms with Crippen LogP contribution >= 0.6 is 0 Å². The SMILES string of the molecule is Cc1cc(C)c(C)c(OC(=O)[C@@H]2COc3ccccc3O2)c1. The van der Waals surface area contributed by atoms with Crippen LogP contribution in [0, 0.1) is 20.8 Å². The highest BCUT2D eigenvalue weighted by Crippen LogP contribution is 2.31. The number of esters is 1. The van der Waals surface area contributed by atoms with Crippen molar-refractivity contribution >= 4 is 5.97 Å². The van der Waals surface area contributed by atoms with Gasteiger partial charge in [0.15, 0.2) is 11.5 Å². The molecular weight excluding hydrogens is 280 g/mol. The standard InChI is InChI=1S/C18H18O4/c1-11-8-12(2)13(3)16(9-11)22-18(19)17-10-20-14-6-4-5-7-15(14)21-17/h4-9,17H,10H2,1-3H3/t17-/m0/s1. The van der Waals surface area contributed by atoms with Crippen LogP contribution in [0.1, 0.15) is 16.7 Å². The van der Waals surface area contributed by atoms with Crippen LogP contribution in [-0.2, 0) is 4.79 Å². The lowest BCUT2D eigenvalue weighted by Gasteiger charge is -2.25. The molecule has 0 spiro atoms. The second-order valence-corrected chi connectivity index (χ2v) is 5.49. The van der Waals surface area contributed by atoms with Crippen LogP contribution in [0.3, 0.4) is 0 Å². The molecule has 0 saturated heterocycles. The van der Waals surface area contributed by atoms with Crippen LogP contribution in [0.4, 0.5) is 0 Å².